The van der Waals surface area contributed by atoms with Crippen molar-refractivity contribution < 1.29 is 9.21 Å². The first-order valence-corrected chi connectivity index (χ1v) is 10.5. The van der Waals surface area contributed by atoms with Crippen LogP contribution in [-0.2, 0) is 4.79 Å². The Morgan fingerprint density at radius 1 is 0.875 bits per heavy atom. The quantitative estimate of drug-likeness (QED) is 0.456. The second-order valence-corrected chi connectivity index (χ2v) is 7.44. The topological polar surface area (TPSA) is 80.3 Å². The molecule has 0 aliphatic carbocycles. The molecule has 0 atom stereocenters. The molecule has 0 unspecified atom stereocenters. The SMILES string of the molecule is O=C(/C(=C/c1ccco1)n1nnnc1-c1ccccc1)N1CCN(c2ccccc2)CC1. The number of piperazine rings is 1. The molecule has 32 heavy (non-hydrogen) atoms. The smallest absolute Gasteiger partial charge is 0.272 e. The van der Waals surface area contributed by atoms with Gasteiger partial charge < -0.3 is 14.2 Å². The highest BCUT2D eigenvalue weighted by Gasteiger charge is 2.27. The number of tetrazole rings is 1. The van der Waals surface area contributed by atoms with Crippen LogP contribution in [0.25, 0.3) is 23.2 Å². The van der Waals surface area contributed by atoms with Gasteiger partial charge in [-0.15, -0.1) is 5.10 Å². The van der Waals surface area contributed by atoms with E-state index in [1.54, 1.807) is 24.5 Å². The molecular formula is C24H22N6O2. The molecule has 4 aromatic rings. The number of benzene rings is 2. The Bertz CT molecular complexity index is 1190. The van der Waals surface area contributed by atoms with Crippen LogP contribution in [0.4, 0.5) is 5.69 Å². The van der Waals surface area contributed by atoms with E-state index in [-0.39, 0.29) is 5.91 Å². The molecule has 2 aromatic carbocycles. The van der Waals surface area contributed by atoms with Gasteiger partial charge in [0.1, 0.15) is 11.5 Å². The fourth-order valence-corrected chi connectivity index (χ4v) is 3.81. The summed E-state index contributed by atoms with van der Waals surface area (Å²) < 4.78 is 6.97. The lowest BCUT2D eigenvalue weighted by atomic mass is 10.2. The molecule has 0 N–H and O–H groups in total. The third kappa shape index (κ3) is 4.02. The van der Waals surface area contributed by atoms with Crippen LogP contribution in [0.2, 0.25) is 0 Å². The summed E-state index contributed by atoms with van der Waals surface area (Å²) in [7, 11) is 0. The minimum absolute atomic E-state index is 0.140. The Labute approximate surface area is 185 Å². The minimum Gasteiger partial charge on any atom is -0.465 e. The van der Waals surface area contributed by atoms with Gasteiger partial charge in [0.2, 0.25) is 0 Å². The summed E-state index contributed by atoms with van der Waals surface area (Å²) in [6.07, 6.45) is 3.26. The fourth-order valence-electron chi connectivity index (χ4n) is 3.81. The highest BCUT2D eigenvalue weighted by Crippen LogP contribution is 2.23. The summed E-state index contributed by atoms with van der Waals surface area (Å²) in [4.78, 5) is 17.8. The first-order chi connectivity index (χ1) is 15.8. The normalized spacial score (nSPS) is 14.6. The predicted octanol–water partition coefficient (Wildman–Crippen LogP) is 3.28. The van der Waals surface area contributed by atoms with E-state index in [4.69, 9.17) is 4.42 Å². The third-order valence-corrected chi connectivity index (χ3v) is 5.46. The molecule has 1 aliphatic heterocycles. The maximum absolute atomic E-state index is 13.6. The van der Waals surface area contributed by atoms with Crippen molar-refractivity contribution in [1.29, 1.82) is 0 Å². The number of carbonyl (C=O) groups excluding carboxylic acids is 1. The standard InChI is InChI=1S/C24H22N6O2/c31-24(29-15-13-28(14-16-29)20-10-5-2-6-11-20)22(18-21-12-7-17-32-21)30-23(25-26-27-30)19-8-3-1-4-9-19/h1-12,17-18H,13-16H2/b22-18-. The third-order valence-electron chi connectivity index (χ3n) is 5.46. The highest BCUT2D eigenvalue weighted by molar-refractivity contribution is 6.18. The summed E-state index contributed by atoms with van der Waals surface area (Å²) in [5, 5.41) is 12.1. The molecule has 0 radical (unpaired) electrons. The van der Waals surface area contributed by atoms with E-state index in [0.717, 1.165) is 24.3 Å². The van der Waals surface area contributed by atoms with Crippen molar-refractivity contribution >= 4 is 23.4 Å². The van der Waals surface area contributed by atoms with Gasteiger partial charge in [0.05, 0.1) is 6.26 Å². The van der Waals surface area contributed by atoms with Gasteiger partial charge in [-0.05, 0) is 34.7 Å². The average Bonchev–Trinajstić information content (AvgIpc) is 3.56. The predicted molar refractivity (Wildman–Crippen MR) is 121 cm³/mol. The van der Waals surface area contributed by atoms with E-state index in [2.05, 4.69) is 32.6 Å². The maximum Gasteiger partial charge on any atom is 0.272 e. The molecule has 0 bridgehead atoms. The van der Waals surface area contributed by atoms with Gasteiger partial charge >= 0.3 is 0 Å². The molecule has 2 aromatic heterocycles. The van der Waals surface area contributed by atoms with Gasteiger partial charge in [-0.3, -0.25) is 4.79 Å². The van der Waals surface area contributed by atoms with Crippen molar-refractivity contribution in [2.24, 2.45) is 0 Å². The zero-order valence-corrected chi connectivity index (χ0v) is 17.4. The Morgan fingerprint density at radius 2 is 1.59 bits per heavy atom. The van der Waals surface area contributed by atoms with Crippen LogP contribution in [-0.4, -0.2) is 57.2 Å². The molecule has 160 valence electrons. The number of furan rings is 1. The molecule has 3 heterocycles. The lowest BCUT2D eigenvalue weighted by molar-refractivity contribution is -0.125. The van der Waals surface area contributed by atoms with Crippen molar-refractivity contribution in [2.45, 2.75) is 0 Å². The van der Waals surface area contributed by atoms with E-state index in [1.165, 1.54) is 4.68 Å². The van der Waals surface area contributed by atoms with Crippen molar-refractivity contribution in [3.8, 4) is 11.4 Å². The average molecular weight is 426 g/mol. The summed E-state index contributed by atoms with van der Waals surface area (Å²) in [6, 6.07) is 23.4. The van der Waals surface area contributed by atoms with Crippen LogP contribution in [0.5, 0.6) is 0 Å². The minimum atomic E-state index is -0.140. The number of hydrogen-bond donors (Lipinski definition) is 0. The zero-order valence-electron chi connectivity index (χ0n) is 17.4. The largest absolute Gasteiger partial charge is 0.465 e. The van der Waals surface area contributed by atoms with Crippen molar-refractivity contribution in [2.75, 3.05) is 31.1 Å². The van der Waals surface area contributed by atoms with E-state index >= 15 is 0 Å². The summed E-state index contributed by atoms with van der Waals surface area (Å²) in [6.45, 7) is 2.72. The number of amides is 1. The molecule has 5 rings (SSSR count). The second kappa shape index (κ2) is 8.89. The summed E-state index contributed by atoms with van der Waals surface area (Å²) >= 11 is 0. The van der Waals surface area contributed by atoms with Gasteiger partial charge in [0.15, 0.2) is 5.82 Å². The van der Waals surface area contributed by atoms with Gasteiger partial charge in [-0.1, -0.05) is 48.5 Å². The lowest BCUT2D eigenvalue weighted by Gasteiger charge is -2.36. The molecule has 8 nitrogen and oxygen atoms in total. The van der Waals surface area contributed by atoms with Crippen LogP contribution in [0.15, 0.2) is 83.5 Å². The van der Waals surface area contributed by atoms with Crippen molar-refractivity contribution in [3.05, 3.63) is 84.8 Å². The highest BCUT2D eigenvalue weighted by atomic mass is 16.3. The number of anilines is 1. The van der Waals surface area contributed by atoms with E-state index in [0.29, 0.717) is 30.4 Å². The summed E-state index contributed by atoms with van der Waals surface area (Å²) in [5.74, 6) is 0.920. The molecule has 1 saturated heterocycles. The van der Waals surface area contributed by atoms with Crippen LogP contribution in [0.3, 0.4) is 0 Å². The van der Waals surface area contributed by atoms with Crippen LogP contribution < -0.4 is 4.90 Å². The zero-order chi connectivity index (χ0) is 21.8. The van der Waals surface area contributed by atoms with Crippen LogP contribution in [0, 0.1) is 0 Å². The molecule has 1 fully saturated rings. The first kappa shape index (κ1) is 19.7. The molecule has 1 amide bonds. The Kier molecular flexibility index (Phi) is 5.48. The van der Waals surface area contributed by atoms with E-state index < -0.39 is 0 Å². The van der Waals surface area contributed by atoms with Crippen molar-refractivity contribution in [1.82, 2.24) is 25.1 Å². The fraction of sp³-hybridized carbons (Fsp3) is 0.167. The van der Waals surface area contributed by atoms with Gasteiger partial charge in [0.25, 0.3) is 5.91 Å². The maximum atomic E-state index is 13.6. The molecule has 8 heteroatoms. The Morgan fingerprint density at radius 3 is 2.28 bits per heavy atom. The lowest BCUT2D eigenvalue weighted by Crippen LogP contribution is -2.49. The monoisotopic (exact) mass is 426 g/mol. The number of rotatable bonds is 5. The summed E-state index contributed by atoms with van der Waals surface area (Å²) in [5.41, 5.74) is 2.33. The number of nitrogens with zero attached hydrogens (tertiary/aromatic N) is 6. The molecule has 0 spiro atoms. The van der Waals surface area contributed by atoms with E-state index in [1.807, 2.05) is 53.4 Å². The number of hydrogen-bond acceptors (Lipinski definition) is 6. The van der Waals surface area contributed by atoms with Crippen LogP contribution in [0.1, 0.15) is 5.76 Å². The van der Waals surface area contributed by atoms with Gasteiger partial charge in [-0.25, -0.2) is 0 Å². The van der Waals surface area contributed by atoms with Crippen LogP contribution >= 0.6 is 0 Å². The van der Waals surface area contributed by atoms with E-state index in [9.17, 15) is 4.79 Å². The Hall–Kier alpha value is -4.20. The van der Waals surface area contributed by atoms with Crippen molar-refractivity contribution in [3.63, 3.8) is 0 Å². The number of carbonyl (C=O) groups is 1. The Balaban J connectivity index is 1.43. The number of para-hydroxylation sites is 1. The molecule has 0 saturated carbocycles. The van der Waals surface area contributed by atoms with Gasteiger partial charge in [0, 0.05) is 43.5 Å². The second-order valence-electron chi connectivity index (χ2n) is 7.44. The first-order valence-electron chi connectivity index (χ1n) is 10.5. The number of aromatic nitrogens is 4. The van der Waals surface area contributed by atoms with Gasteiger partial charge in [-0.2, -0.15) is 4.68 Å². The molecule has 1 aliphatic rings. The molecular weight excluding hydrogens is 404 g/mol.